The summed E-state index contributed by atoms with van der Waals surface area (Å²) in [5.41, 5.74) is 2.76. The Kier molecular flexibility index (Phi) is 4.74. The Hall–Kier alpha value is -2.17. The van der Waals surface area contributed by atoms with Gasteiger partial charge >= 0.3 is 0 Å². The quantitative estimate of drug-likeness (QED) is 0.943. The lowest BCUT2D eigenvalue weighted by atomic mass is 9.97. The number of piperidine rings is 1. The molecule has 1 aliphatic heterocycles. The topological polar surface area (TPSA) is 58.1 Å². The van der Waals surface area contributed by atoms with Crippen molar-refractivity contribution >= 4 is 22.8 Å². The SMILES string of the molecule is CCCNC(=O)C1CCCN(c2nc3ccccc3nc2C)C1. The van der Waals surface area contributed by atoms with E-state index in [0.29, 0.717) is 0 Å². The molecule has 1 aromatic carbocycles. The average Bonchev–Trinajstić information content (AvgIpc) is 2.59. The Morgan fingerprint density at radius 2 is 2.04 bits per heavy atom. The van der Waals surface area contributed by atoms with Crippen molar-refractivity contribution in [3.8, 4) is 0 Å². The maximum Gasteiger partial charge on any atom is 0.224 e. The lowest BCUT2D eigenvalue weighted by molar-refractivity contribution is -0.125. The Labute approximate surface area is 137 Å². The van der Waals surface area contributed by atoms with E-state index < -0.39 is 0 Å². The first kappa shape index (κ1) is 15.7. The highest BCUT2D eigenvalue weighted by atomic mass is 16.1. The number of carbonyl (C=O) groups excluding carboxylic acids is 1. The zero-order valence-corrected chi connectivity index (χ0v) is 13.9. The van der Waals surface area contributed by atoms with Gasteiger partial charge in [-0.1, -0.05) is 19.1 Å². The summed E-state index contributed by atoms with van der Waals surface area (Å²) < 4.78 is 0. The van der Waals surface area contributed by atoms with Gasteiger partial charge in [0.15, 0.2) is 5.82 Å². The van der Waals surface area contributed by atoms with Gasteiger partial charge in [-0.05, 0) is 38.3 Å². The van der Waals surface area contributed by atoms with Gasteiger partial charge < -0.3 is 10.2 Å². The Bertz CT molecular complexity index is 700. The molecule has 3 rings (SSSR count). The Morgan fingerprint density at radius 1 is 1.30 bits per heavy atom. The number of fused-ring (bicyclic) bond motifs is 1. The van der Waals surface area contributed by atoms with Gasteiger partial charge in [-0.2, -0.15) is 0 Å². The van der Waals surface area contributed by atoms with Crippen LogP contribution in [-0.4, -0.2) is 35.5 Å². The molecule has 0 spiro atoms. The number of aryl methyl sites for hydroxylation is 1. The number of nitrogens with one attached hydrogen (secondary N) is 1. The van der Waals surface area contributed by atoms with Crippen molar-refractivity contribution in [2.45, 2.75) is 33.1 Å². The fourth-order valence-electron chi connectivity index (χ4n) is 3.15. The first-order chi connectivity index (χ1) is 11.2. The monoisotopic (exact) mass is 312 g/mol. The summed E-state index contributed by atoms with van der Waals surface area (Å²) in [6.07, 6.45) is 2.93. The van der Waals surface area contributed by atoms with E-state index in [2.05, 4.69) is 22.1 Å². The number of amides is 1. The van der Waals surface area contributed by atoms with E-state index in [1.807, 2.05) is 31.2 Å². The summed E-state index contributed by atoms with van der Waals surface area (Å²) in [5, 5.41) is 3.02. The number of para-hydroxylation sites is 2. The van der Waals surface area contributed by atoms with Crippen LogP contribution in [0.15, 0.2) is 24.3 Å². The summed E-state index contributed by atoms with van der Waals surface area (Å²) in [6, 6.07) is 7.93. The number of hydrogen-bond donors (Lipinski definition) is 1. The van der Waals surface area contributed by atoms with Gasteiger partial charge in [0.05, 0.1) is 22.6 Å². The number of anilines is 1. The van der Waals surface area contributed by atoms with Crippen molar-refractivity contribution in [2.75, 3.05) is 24.5 Å². The van der Waals surface area contributed by atoms with Crippen LogP contribution in [0.4, 0.5) is 5.82 Å². The van der Waals surface area contributed by atoms with Crippen LogP contribution in [0.3, 0.4) is 0 Å². The third-order valence-electron chi connectivity index (χ3n) is 4.36. The van der Waals surface area contributed by atoms with Gasteiger partial charge in [0.2, 0.25) is 5.91 Å². The number of carbonyl (C=O) groups is 1. The maximum atomic E-state index is 12.3. The van der Waals surface area contributed by atoms with Crippen molar-refractivity contribution in [3.63, 3.8) is 0 Å². The molecular formula is C18H24N4O. The van der Waals surface area contributed by atoms with Crippen LogP contribution in [0.1, 0.15) is 31.9 Å². The van der Waals surface area contributed by atoms with E-state index in [9.17, 15) is 4.79 Å². The molecule has 23 heavy (non-hydrogen) atoms. The normalized spacial score (nSPS) is 18.2. The summed E-state index contributed by atoms with van der Waals surface area (Å²) in [6.45, 7) is 6.48. The first-order valence-corrected chi connectivity index (χ1v) is 8.45. The second kappa shape index (κ2) is 6.94. The predicted octanol–water partition coefficient (Wildman–Crippen LogP) is 2.68. The van der Waals surface area contributed by atoms with Crippen molar-refractivity contribution in [2.24, 2.45) is 5.92 Å². The number of benzene rings is 1. The first-order valence-electron chi connectivity index (χ1n) is 8.45. The van der Waals surface area contributed by atoms with Crippen LogP contribution in [-0.2, 0) is 4.79 Å². The van der Waals surface area contributed by atoms with Crippen molar-refractivity contribution < 1.29 is 4.79 Å². The molecule has 0 aliphatic carbocycles. The smallest absolute Gasteiger partial charge is 0.224 e. The molecule has 0 radical (unpaired) electrons. The molecule has 1 fully saturated rings. The largest absolute Gasteiger partial charge is 0.356 e. The molecule has 0 bridgehead atoms. The fourth-order valence-corrected chi connectivity index (χ4v) is 3.15. The molecule has 5 heteroatoms. The number of hydrogen-bond acceptors (Lipinski definition) is 4. The van der Waals surface area contributed by atoms with E-state index in [1.165, 1.54) is 0 Å². The second-order valence-electron chi connectivity index (χ2n) is 6.20. The van der Waals surface area contributed by atoms with E-state index in [4.69, 9.17) is 4.98 Å². The molecule has 1 N–H and O–H groups in total. The summed E-state index contributed by atoms with van der Waals surface area (Å²) >= 11 is 0. The molecule has 5 nitrogen and oxygen atoms in total. The average molecular weight is 312 g/mol. The number of aromatic nitrogens is 2. The minimum atomic E-state index is 0.0444. The molecule has 1 saturated heterocycles. The molecule has 122 valence electrons. The van der Waals surface area contributed by atoms with Gasteiger partial charge in [0.25, 0.3) is 0 Å². The van der Waals surface area contributed by atoms with Crippen LogP contribution >= 0.6 is 0 Å². The van der Waals surface area contributed by atoms with Crippen LogP contribution in [0, 0.1) is 12.8 Å². The highest BCUT2D eigenvalue weighted by molar-refractivity contribution is 5.80. The molecule has 1 amide bonds. The van der Waals surface area contributed by atoms with Crippen molar-refractivity contribution in [1.29, 1.82) is 0 Å². The van der Waals surface area contributed by atoms with Crippen LogP contribution in [0.25, 0.3) is 11.0 Å². The van der Waals surface area contributed by atoms with E-state index >= 15 is 0 Å². The van der Waals surface area contributed by atoms with Gasteiger partial charge in [-0.3, -0.25) is 4.79 Å². The van der Waals surface area contributed by atoms with Crippen LogP contribution in [0.5, 0.6) is 0 Å². The van der Waals surface area contributed by atoms with Crippen molar-refractivity contribution in [1.82, 2.24) is 15.3 Å². The summed E-state index contributed by atoms with van der Waals surface area (Å²) in [5.74, 6) is 1.13. The Balaban J connectivity index is 1.81. The summed E-state index contributed by atoms with van der Waals surface area (Å²) in [7, 11) is 0. The van der Waals surface area contributed by atoms with Crippen LogP contribution in [0.2, 0.25) is 0 Å². The highest BCUT2D eigenvalue weighted by Gasteiger charge is 2.27. The number of rotatable bonds is 4. The maximum absolute atomic E-state index is 12.3. The molecule has 2 aromatic rings. The molecule has 0 saturated carbocycles. The fraction of sp³-hybridized carbons (Fsp3) is 0.500. The summed E-state index contributed by atoms with van der Waals surface area (Å²) in [4.78, 5) is 23.9. The highest BCUT2D eigenvalue weighted by Crippen LogP contribution is 2.25. The molecule has 1 unspecified atom stereocenters. The van der Waals surface area contributed by atoms with Crippen LogP contribution < -0.4 is 10.2 Å². The third kappa shape index (κ3) is 3.44. The Morgan fingerprint density at radius 3 is 2.78 bits per heavy atom. The minimum absolute atomic E-state index is 0.0444. The molecule has 1 atom stereocenters. The predicted molar refractivity (Wildman–Crippen MR) is 92.5 cm³/mol. The van der Waals surface area contributed by atoms with E-state index in [0.717, 1.165) is 61.4 Å². The zero-order chi connectivity index (χ0) is 16.2. The lowest BCUT2D eigenvalue weighted by Gasteiger charge is -2.33. The van der Waals surface area contributed by atoms with Crippen molar-refractivity contribution in [3.05, 3.63) is 30.0 Å². The minimum Gasteiger partial charge on any atom is -0.356 e. The molecular weight excluding hydrogens is 288 g/mol. The zero-order valence-electron chi connectivity index (χ0n) is 13.9. The van der Waals surface area contributed by atoms with E-state index in [-0.39, 0.29) is 11.8 Å². The number of nitrogens with zero attached hydrogens (tertiary/aromatic N) is 3. The molecule has 1 aliphatic rings. The third-order valence-corrected chi connectivity index (χ3v) is 4.36. The van der Waals surface area contributed by atoms with Gasteiger partial charge in [-0.15, -0.1) is 0 Å². The lowest BCUT2D eigenvalue weighted by Crippen LogP contribution is -2.43. The molecule has 2 heterocycles. The molecule has 1 aromatic heterocycles. The standard InChI is InChI=1S/C18H24N4O/c1-3-10-19-18(23)14-7-6-11-22(12-14)17-13(2)20-15-8-4-5-9-16(15)21-17/h4-5,8-9,14H,3,6-7,10-12H2,1-2H3,(H,19,23). The van der Waals surface area contributed by atoms with Gasteiger partial charge in [-0.25, -0.2) is 9.97 Å². The van der Waals surface area contributed by atoms with Gasteiger partial charge in [0, 0.05) is 19.6 Å². The second-order valence-corrected chi connectivity index (χ2v) is 6.20. The van der Waals surface area contributed by atoms with E-state index in [1.54, 1.807) is 0 Å². The van der Waals surface area contributed by atoms with Gasteiger partial charge in [0.1, 0.15) is 0 Å².